The second-order valence-electron chi connectivity index (χ2n) is 4.21. The van der Waals surface area contributed by atoms with Gasteiger partial charge >= 0.3 is 6.09 Å². The molecule has 4 nitrogen and oxygen atoms in total. The molecule has 17 heavy (non-hydrogen) atoms. The fourth-order valence-electron chi connectivity index (χ4n) is 1.55. The fourth-order valence-corrected chi connectivity index (χ4v) is 1.85. The van der Waals surface area contributed by atoms with Gasteiger partial charge in [-0.1, -0.05) is 0 Å². The highest BCUT2D eigenvalue weighted by molar-refractivity contribution is 14.1. The number of nitrogens with zero attached hydrogens (tertiary/aromatic N) is 2. The number of halogens is 1. The Morgan fingerprint density at radius 2 is 1.94 bits per heavy atom. The quantitative estimate of drug-likeness (QED) is 0.581. The van der Waals surface area contributed by atoms with Gasteiger partial charge in [0, 0.05) is 18.0 Å². The number of carbonyl (C=O) groups excluding carboxylic acids is 1. The summed E-state index contributed by atoms with van der Waals surface area (Å²) in [7, 11) is 0. The number of rotatable bonds is 3. The van der Waals surface area contributed by atoms with E-state index in [1.165, 1.54) is 0 Å². The lowest BCUT2D eigenvalue weighted by Crippen LogP contribution is -2.42. The summed E-state index contributed by atoms with van der Waals surface area (Å²) in [5.74, 6) is 3.02. The van der Waals surface area contributed by atoms with Crippen molar-refractivity contribution in [3.63, 3.8) is 0 Å². The second-order valence-corrected chi connectivity index (χ2v) is 5.31. The molecule has 93 valence electrons. The Morgan fingerprint density at radius 3 is 2.35 bits per heavy atom. The molecule has 0 bridgehead atoms. The standard InChI is InChI=1S/C12H16IN2O2/c1-8(2)15(9(3)4)12(16)17-10-5-6-11(13)14-7-10/h5-6,8-9H,1-4H3. The summed E-state index contributed by atoms with van der Waals surface area (Å²) >= 11 is 2.07. The summed E-state index contributed by atoms with van der Waals surface area (Å²) in [5, 5.41) is 0. The molecule has 0 aromatic carbocycles. The number of hydrogen-bond donors (Lipinski definition) is 0. The van der Waals surface area contributed by atoms with E-state index in [-0.39, 0.29) is 18.2 Å². The summed E-state index contributed by atoms with van der Waals surface area (Å²) in [6.45, 7) is 7.82. The van der Waals surface area contributed by atoms with Crippen molar-refractivity contribution in [2.24, 2.45) is 4.99 Å². The summed E-state index contributed by atoms with van der Waals surface area (Å²) in [6.07, 6.45) is 3.09. The van der Waals surface area contributed by atoms with E-state index in [4.69, 9.17) is 4.74 Å². The monoisotopic (exact) mass is 347 g/mol. The van der Waals surface area contributed by atoms with E-state index in [1.54, 1.807) is 17.1 Å². The smallest absolute Gasteiger partial charge is 0.400 e. The average Bonchev–Trinajstić information content (AvgIpc) is 2.20. The van der Waals surface area contributed by atoms with Gasteiger partial charge in [-0.25, -0.2) is 9.79 Å². The first-order valence-corrected chi connectivity index (χ1v) is 6.54. The Labute approximate surface area is 116 Å². The number of aliphatic imine (C=N–C) groups is 1. The largest absolute Gasteiger partial charge is 0.416 e. The van der Waals surface area contributed by atoms with Gasteiger partial charge in [-0.15, -0.1) is 0 Å². The van der Waals surface area contributed by atoms with Gasteiger partial charge in [-0.05, 0) is 62.4 Å². The van der Waals surface area contributed by atoms with Crippen LogP contribution in [0.2, 0.25) is 0 Å². The predicted molar refractivity (Wildman–Crippen MR) is 75.9 cm³/mol. The van der Waals surface area contributed by atoms with E-state index in [1.807, 2.05) is 27.7 Å². The molecule has 1 aliphatic rings. The van der Waals surface area contributed by atoms with E-state index < -0.39 is 0 Å². The molecule has 0 unspecified atom stereocenters. The molecular weight excluding hydrogens is 331 g/mol. The molecule has 5 heteroatoms. The molecule has 0 aromatic heterocycles. The van der Waals surface area contributed by atoms with E-state index in [2.05, 4.69) is 33.5 Å². The molecular formula is C12H16IN2O2. The van der Waals surface area contributed by atoms with Crippen LogP contribution in [0.3, 0.4) is 0 Å². The molecule has 0 spiro atoms. The minimum Gasteiger partial charge on any atom is -0.400 e. The van der Waals surface area contributed by atoms with Gasteiger partial charge < -0.3 is 9.64 Å². The Hall–Kier alpha value is -0.810. The molecule has 0 saturated heterocycles. The van der Waals surface area contributed by atoms with Crippen molar-refractivity contribution < 1.29 is 9.53 Å². The molecule has 0 aromatic rings. The van der Waals surface area contributed by atoms with Crippen LogP contribution in [-0.4, -0.2) is 28.9 Å². The van der Waals surface area contributed by atoms with E-state index >= 15 is 0 Å². The zero-order valence-corrected chi connectivity index (χ0v) is 12.6. The lowest BCUT2D eigenvalue weighted by molar-refractivity contribution is 0.105. The van der Waals surface area contributed by atoms with Crippen LogP contribution in [-0.2, 0) is 4.74 Å². The third-order valence-electron chi connectivity index (χ3n) is 2.17. The Morgan fingerprint density at radius 1 is 1.35 bits per heavy atom. The van der Waals surface area contributed by atoms with Gasteiger partial charge in [0.15, 0.2) is 9.81 Å². The Bertz CT molecular complexity index is 374. The minimum atomic E-state index is -0.366. The summed E-state index contributed by atoms with van der Waals surface area (Å²) in [5.41, 5.74) is 0. The molecule has 0 atom stereocenters. The zero-order valence-electron chi connectivity index (χ0n) is 10.4. The van der Waals surface area contributed by atoms with Crippen LogP contribution in [0.15, 0.2) is 22.9 Å². The fraction of sp³-hybridized carbons (Fsp3) is 0.500. The normalized spacial score (nSPS) is 15.4. The minimum absolute atomic E-state index is 0.0966. The molecule has 0 aliphatic carbocycles. The second kappa shape index (κ2) is 6.21. The summed E-state index contributed by atoms with van der Waals surface area (Å²) in [6, 6.07) is 0.193. The van der Waals surface area contributed by atoms with E-state index in [0.717, 1.165) is 4.05 Å². The van der Waals surface area contributed by atoms with Gasteiger partial charge in [0.05, 0.1) is 0 Å². The van der Waals surface area contributed by atoms with Gasteiger partial charge in [0.25, 0.3) is 0 Å². The first kappa shape index (κ1) is 14.3. The first-order valence-electron chi connectivity index (χ1n) is 5.46. The molecule has 0 N–H and O–H groups in total. The maximum Gasteiger partial charge on any atom is 0.416 e. The molecule has 1 heterocycles. The highest BCUT2D eigenvalue weighted by Gasteiger charge is 2.22. The zero-order chi connectivity index (χ0) is 13.0. The van der Waals surface area contributed by atoms with E-state index in [9.17, 15) is 4.79 Å². The highest BCUT2D eigenvalue weighted by atomic mass is 127. The third-order valence-corrected chi connectivity index (χ3v) is 2.77. The average molecular weight is 347 g/mol. The molecule has 1 radical (unpaired) electrons. The van der Waals surface area contributed by atoms with E-state index in [0.29, 0.717) is 5.76 Å². The predicted octanol–water partition coefficient (Wildman–Crippen LogP) is 3.29. The van der Waals surface area contributed by atoms with Gasteiger partial charge in [-0.2, -0.15) is 0 Å². The SMILES string of the molecule is CC(C)N(C(=O)OC1=C=N[C](I)C=C1)C(C)C. The highest BCUT2D eigenvalue weighted by Crippen LogP contribution is 2.18. The van der Waals surface area contributed by atoms with Crippen molar-refractivity contribution >= 4 is 34.6 Å². The van der Waals surface area contributed by atoms with Crippen LogP contribution in [0.1, 0.15) is 27.7 Å². The van der Waals surface area contributed by atoms with Crippen LogP contribution < -0.4 is 0 Å². The summed E-state index contributed by atoms with van der Waals surface area (Å²) in [4.78, 5) is 17.6. The summed E-state index contributed by atoms with van der Waals surface area (Å²) < 4.78 is 6.03. The first-order chi connectivity index (χ1) is 7.91. The van der Waals surface area contributed by atoms with Crippen LogP contribution in [0.25, 0.3) is 0 Å². The molecule has 1 amide bonds. The van der Waals surface area contributed by atoms with Crippen molar-refractivity contribution in [1.29, 1.82) is 0 Å². The van der Waals surface area contributed by atoms with Crippen LogP contribution in [0.5, 0.6) is 0 Å². The number of hydrogen-bond acceptors (Lipinski definition) is 3. The maximum atomic E-state index is 11.9. The number of allylic oxidation sites excluding steroid dienone is 1. The molecule has 0 saturated carbocycles. The van der Waals surface area contributed by atoms with Crippen LogP contribution in [0, 0.1) is 4.05 Å². The number of carbonyl (C=O) groups is 1. The lowest BCUT2D eigenvalue weighted by Gasteiger charge is -2.29. The molecule has 0 fully saturated rings. The van der Waals surface area contributed by atoms with Gasteiger partial charge in [-0.3, -0.25) is 0 Å². The Kier molecular flexibility index (Phi) is 5.21. The van der Waals surface area contributed by atoms with Crippen LogP contribution >= 0.6 is 22.6 Å². The third kappa shape index (κ3) is 4.16. The molecule has 1 rings (SSSR count). The van der Waals surface area contributed by atoms with Crippen molar-refractivity contribution in [3.05, 3.63) is 22.0 Å². The topological polar surface area (TPSA) is 41.9 Å². The van der Waals surface area contributed by atoms with Gasteiger partial charge in [0.1, 0.15) is 0 Å². The van der Waals surface area contributed by atoms with Crippen LogP contribution in [0.4, 0.5) is 4.79 Å². The van der Waals surface area contributed by atoms with Gasteiger partial charge in [0.2, 0.25) is 0 Å². The maximum absolute atomic E-state index is 11.9. The van der Waals surface area contributed by atoms with Crippen molar-refractivity contribution in [1.82, 2.24) is 4.90 Å². The lowest BCUT2D eigenvalue weighted by atomic mass is 10.2. The van der Waals surface area contributed by atoms with Crippen molar-refractivity contribution in [2.45, 2.75) is 39.8 Å². The van der Waals surface area contributed by atoms with Crippen molar-refractivity contribution in [2.75, 3.05) is 0 Å². The van der Waals surface area contributed by atoms with Crippen molar-refractivity contribution in [3.8, 4) is 0 Å². The molecule has 1 aliphatic heterocycles. The number of ether oxygens (including phenoxy) is 1. The number of amides is 1. The Balaban J connectivity index is 2.72.